The monoisotopic (exact) mass is 375 g/mol. The molecule has 1 amide bonds. The smallest absolute Gasteiger partial charge is 0.243 e. The third-order valence-corrected chi connectivity index (χ3v) is 5.88. The van der Waals surface area contributed by atoms with Gasteiger partial charge in [-0.05, 0) is 48.7 Å². The molecule has 0 spiro atoms. The van der Waals surface area contributed by atoms with E-state index in [4.69, 9.17) is 0 Å². The molecular formula is C19H25N3O3S. The van der Waals surface area contributed by atoms with Gasteiger partial charge in [-0.3, -0.25) is 4.79 Å². The van der Waals surface area contributed by atoms with Crippen LogP contribution in [0.2, 0.25) is 0 Å². The molecule has 0 aliphatic carbocycles. The van der Waals surface area contributed by atoms with Gasteiger partial charge in [0.15, 0.2) is 0 Å². The Labute approximate surface area is 155 Å². The Morgan fingerprint density at radius 2 is 1.73 bits per heavy atom. The number of aryl methyl sites for hydroxylation is 2. The molecule has 26 heavy (non-hydrogen) atoms. The zero-order valence-electron chi connectivity index (χ0n) is 15.5. The van der Waals surface area contributed by atoms with E-state index in [1.807, 2.05) is 31.2 Å². The minimum atomic E-state index is -3.52. The number of benzene rings is 2. The molecule has 0 aliphatic heterocycles. The first-order valence-corrected chi connectivity index (χ1v) is 9.84. The number of hydrogen-bond acceptors (Lipinski definition) is 4. The highest BCUT2D eigenvalue weighted by Gasteiger charge is 2.18. The van der Waals surface area contributed by atoms with Crippen LogP contribution < -0.4 is 10.6 Å². The predicted molar refractivity (Wildman–Crippen MR) is 105 cm³/mol. The lowest BCUT2D eigenvalue weighted by atomic mass is 10.1. The van der Waals surface area contributed by atoms with Crippen LogP contribution >= 0.6 is 0 Å². The minimum absolute atomic E-state index is 0.0435. The van der Waals surface area contributed by atoms with Crippen molar-refractivity contribution in [2.75, 3.05) is 31.3 Å². The average Bonchev–Trinajstić information content (AvgIpc) is 2.61. The highest BCUT2D eigenvalue weighted by atomic mass is 32.2. The third-order valence-electron chi connectivity index (χ3n) is 4.07. The zero-order chi connectivity index (χ0) is 19.3. The standard InChI is InChI=1S/C19H25N3O3S/c1-5-15-7-9-16(10-8-15)21-19(23)13-20-18-12-17(11-6-14(18)2)26(24,25)22(3)4/h6-12,20H,5,13H2,1-4H3,(H,21,23). The van der Waals surface area contributed by atoms with Crippen LogP contribution in [-0.2, 0) is 21.2 Å². The van der Waals surface area contributed by atoms with E-state index >= 15 is 0 Å². The van der Waals surface area contributed by atoms with Crippen LogP contribution in [0, 0.1) is 6.92 Å². The Hall–Kier alpha value is -2.38. The van der Waals surface area contributed by atoms with Gasteiger partial charge < -0.3 is 10.6 Å². The van der Waals surface area contributed by atoms with Crippen molar-refractivity contribution in [3.8, 4) is 0 Å². The Balaban J connectivity index is 2.05. The average molecular weight is 375 g/mol. The molecule has 2 rings (SSSR count). The fourth-order valence-electron chi connectivity index (χ4n) is 2.37. The molecule has 6 nitrogen and oxygen atoms in total. The first kappa shape index (κ1) is 19.9. The summed E-state index contributed by atoms with van der Waals surface area (Å²) in [6.45, 7) is 3.97. The number of amides is 1. The molecule has 0 bridgehead atoms. The van der Waals surface area contributed by atoms with E-state index < -0.39 is 10.0 Å². The highest BCUT2D eigenvalue weighted by Crippen LogP contribution is 2.22. The Bertz CT molecular complexity index is 875. The van der Waals surface area contributed by atoms with Crippen LogP contribution in [0.5, 0.6) is 0 Å². The number of nitrogens with one attached hydrogen (secondary N) is 2. The molecule has 0 heterocycles. The van der Waals surface area contributed by atoms with Crippen LogP contribution in [0.3, 0.4) is 0 Å². The molecule has 0 saturated heterocycles. The summed E-state index contributed by atoms with van der Waals surface area (Å²) in [6, 6.07) is 12.5. The molecule has 7 heteroatoms. The van der Waals surface area contributed by atoms with E-state index in [0.29, 0.717) is 5.69 Å². The van der Waals surface area contributed by atoms with Gasteiger partial charge in [-0.25, -0.2) is 12.7 Å². The maximum Gasteiger partial charge on any atom is 0.243 e. The van der Waals surface area contributed by atoms with Crippen LogP contribution in [0.4, 0.5) is 11.4 Å². The maximum atomic E-state index is 12.2. The summed E-state index contributed by atoms with van der Waals surface area (Å²) in [4.78, 5) is 12.3. The number of carbonyl (C=O) groups is 1. The Morgan fingerprint density at radius 1 is 1.08 bits per heavy atom. The predicted octanol–water partition coefficient (Wildman–Crippen LogP) is 2.86. The minimum Gasteiger partial charge on any atom is -0.376 e. The fourth-order valence-corrected chi connectivity index (χ4v) is 3.30. The molecule has 2 N–H and O–H groups in total. The Kier molecular flexibility index (Phi) is 6.39. The van der Waals surface area contributed by atoms with Crippen molar-refractivity contribution in [1.29, 1.82) is 0 Å². The summed E-state index contributed by atoms with van der Waals surface area (Å²) >= 11 is 0. The normalized spacial score (nSPS) is 11.4. The lowest BCUT2D eigenvalue weighted by Crippen LogP contribution is -2.24. The molecule has 0 saturated carbocycles. The summed E-state index contributed by atoms with van der Waals surface area (Å²) in [5.74, 6) is -0.200. The van der Waals surface area contributed by atoms with Crippen molar-refractivity contribution in [2.24, 2.45) is 0 Å². The molecule has 0 radical (unpaired) electrons. The molecule has 0 aliphatic rings. The highest BCUT2D eigenvalue weighted by molar-refractivity contribution is 7.89. The SMILES string of the molecule is CCc1ccc(NC(=O)CNc2cc(S(=O)(=O)N(C)C)ccc2C)cc1. The number of nitrogens with zero attached hydrogens (tertiary/aromatic N) is 1. The van der Waals surface area contributed by atoms with Crippen molar-refractivity contribution < 1.29 is 13.2 Å². The van der Waals surface area contributed by atoms with Gasteiger partial charge in [-0.1, -0.05) is 25.1 Å². The number of rotatable bonds is 7. The van der Waals surface area contributed by atoms with Crippen LogP contribution in [0.25, 0.3) is 0 Å². The molecule has 140 valence electrons. The number of sulfonamides is 1. The van der Waals surface area contributed by atoms with Crippen LogP contribution in [0.15, 0.2) is 47.4 Å². The zero-order valence-corrected chi connectivity index (χ0v) is 16.4. The summed E-state index contributed by atoms with van der Waals surface area (Å²) in [6.07, 6.45) is 0.946. The van der Waals surface area contributed by atoms with Crippen LogP contribution in [-0.4, -0.2) is 39.3 Å². The van der Waals surface area contributed by atoms with Crippen LogP contribution in [0.1, 0.15) is 18.1 Å². The van der Waals surface area contributed by atoms with E-state index in [1.54, 1.807) is 18.2 Å². The van der Waals surface area contributed by atoms with Gasteiger partial charge in [0.05, 0.1) is 11.4 Å². The summed E-state index contributed by atoms with van der Waals surface area (Å²) in [7, 11) is -0.546. The number of anilines is 2. The molecular weight excluding hydrogens is 350 g/mol. The molecule has 0 aromatic heterocycles. The van der Waals surface area contributed by atoms with Gasteiger partial charge >= 0.3 is 0 Å². The quantitative estimate of drug-likeness (QED) is 0.780. The summed E-state index contributed by atoms with van der Waals surface area (Å²) in [5, 5.41) is 5.83. The Morgan fingerprint density at radius 3 is 2.31 bits per heavy atom. The van der Waals surface area contributed by atoms with Gasteiger partial charge in [0.1, 0.15) is 0 Å². The van der Waals surface area contributed by atoms with E-state index in [-0.39, 0.29) is 17.3 Å². The lowest BCUT2D eigenvalue weighted by Gasteiger charge is -2.15. The van der Waals surface area contributed by atoms with Crippen molar-refractivity contribution >= 4 is 27.3 Å². The first-order chi connectivity index (χ1) is 12.2. The van der Waals surface area contributed by atoms with E-state index in [2.05, 4.69) is 17.6 Å². The molecule has 0 atom stereocenters. The van der Waals surface area contributed by atoms with Gasteiger partial charge in [0, 0.05) is 25.5 Å². The van der Waals surface area contributed by atoms with E-state index in [1.165, 1.54) is 19.7 Å². The lowest BCUT2D eigenvalue weighted by molar-refractivity contribution is -0.114. The summed E-state index contributed by atoms with van der Waals surface area (Å²) in [5.41, 5.74) is 3.41. The second kappa shape index (κ2) is 8.33. The van der Waals surface area contributed by atoms with Crippen molar-refractivity contribution in [1.82, 2.24) is 4.31 Å². The second-order valence-electron chi connectivity index (χ2n) is 6.22. The van der Waals surface area contributed by atoms with Gasteiger partial charge in [-0.2, -0.15) is 0 Å². The number of hydrogen-bond donors (Lipinski definition) is 2. The molecule has 2 aromatic rings. The van der Waals surface area contributed by atoms with Crippen molar-refractivity contribution in [3.05, 3.63) is 53.6 Å². The van der Waals surface area contributed by atoms with Gasteiger partial charge in [0.25, 0.3) is 0 Å². The van der Waals surface area contributed by atoms with Crippen molar-refractivity contribution in [2.45, 2.75) is 25.2 Å². The second-order valence-corrected chi connectivity index (χ2v) is 8.37. The van der Waals surface area contributed by atoms with E-state index in [9.17, 15) is 13.2 Å². The number of carbonyl (C=O) groups excluding carboxylic acids is 1. The molecule has 0 unspecified atom stereocenters. The fraction of sp³-hybridized carbons (Fsp3) is 0.316. The maximum absolute atomic E-state index is 12.2. The van der Waals surface area contributed by atoms with Crippen molar-refractivity contribution in [3.63, 3.8) is 0 Å². The molecule has 0 fully saturated rings. The summed E-state index contributed by atoms with van der Waals surface area (Å²) < 4.78 is 25.7. The topological polar surface area (TPSA) is 78.5 Å². The molecule has 2 aromatic carbocycles. The largest absolute Gasteiger partial charge is 0.376 e. The van der Waals surface area contributed by atoms with Gasteiger partial charge in [0.2, 0.25) is 15.9 Å². The third kappa shape index (κ3) is 4.83. The van der Waals surface area contributed by atoms with Gasteiger partial charge in [-0.15, -0.1) is 0 Å². The first-order valence-electron chi connectivity index (χ1n) is 8.40. The van der Waals surface area contributed by atoms with E-state index in [0.717, 1.165) is 22.0 Å².